The molecule has 204 valence electrons. The summed E-state index contributed by atoms with van der Waals surface area (Å²) >= 11 is 0. The minimum Gasteiger partial charge on any atom is -0.505 e. The Bertz CT molecular complexity index is 1210. The number of nitrogens with zero attached hydrogens (tertiary/aromatic N) is 5. The molecule has 0 spiro atoms. The van der Waals surface area contributed by atoms with E-state index in [1.54, 1.807) is 12.4 Å². The molecule has 38 heavy (non-hydrogen) atoms. The number of H-pyrrole nitrogens is 1. The number of carbonyl (C=O) groups excluding carboxylic acids is 1. The third-order valence-electron chi connectivity index (χ3n) is 6.17. The summed E-state index contributed by atoms with van der Waals surface area (Å²) in [6.07, 6.45) is 11.0. The van der Waals surface area contributed by atoms with Gasteiger partial charge in [-0.2, -0.15) is 15.4 Å². The molecule has 2 N–H and O–H groups in total. The predicted molar refractivity (Wildman–Crippen MR) is 148 cm³/mol. The number of aromatic amines is 1. The van der Waals surface area contributed by atoms with Crippen molar-refractivity contribution in [3.8, 4) is 11.4 Å². The number of fused-ring (bicyclic) bond motifs is 1. The number of aromatic nitrogens is 6. The van der Waals surface area contributed by atoms with E-state index in [-0.39, 0.29) is 17.1 Å². The summed E-state index contributed by atoms with van der Waals surface area (Å²) in [6, 6.07) is 11.5. The molecule has 2 heterocycles. The summed E-state index contributed by atoms with van der Waals surface area (Å²) in [6.45, 7) is 8.85. The third-order valence-corrected chi connectivity index (χ3v) is 6.17. The molecule has 9 nitrogen and oxygen atoms in total. The average molecular weight is 521 g/mol. The number of phenolic OH excluding ortho intramolecular Hbond substituents is 1. The van der Waals surface area contributed by atoms with Gasteiger partial charge in [0.15, 0.2) is 0 Å². The van der Waals surface area contributed by atoms with E-state index in [1.807, 2.05) is 36.4 Å². The van der Waals surface area contributed by atoms with Gasteiger partial charge in [0.2, 0.25) is 0 Å². The van der Waals surface area contributed by atoms with Gasteiger partial charge in [-0.15, -0.1) is 15.0 Å². The molecular weight excluding hydrogens is 480 g/mol. The van der Waals surface area contributed by atoms with Crippen molar-refractivity contribution in [1.29, 1.82) is 0 Å². The van der Waals surface area contributed by atoms with Crippen molar-refractivity contribution in [1.82, 2.24) is 30.4 Å². The normalized spacial score (nSPS) is 11.3. The lowest BCUT2D eigenvalue weighted by molar-refractivity contribution is -0.143. The molecule has 0 bridgehead atoms. The van der Waals surface area contributed by atoms with Crippen LogP contribution in [0.4, 0.5) is 0 Å². The Morgan fingerprint density at radius 2 is 1.61 bits per heavy atom. The van der Waals surface area contributed by atoms with Crippen molar-refractivity contribution in [3.05, 3.63) is 59.9 Å². The largest absolute Gasteiger partial charge is 0.505 e. The summed E-state index contributed by atoms with van der Waals surface area (Å²) in [5, 5.41) is 29.4. The molecule has 0 fully saturated rings. The van der Waals surface area contributed by atoms with E-state index in [2.05, 4.69) is 53.3 Å². The number of nitrogens with one attached hydrogen (secondary N) is 1. The zero-order chi connectivity index (χ0) is 27.4. The standard InChI is InChI=1S/C27H37N3O3.C2H3N3/c1-5-6-7-8-9-12-17-33-25(31)16-15-20-18-21(27(2,3)4)26(32)24(19-20)30-28-22-13-10-11-14-23(22)29-30;1-2-4-5-3-1/h10-11,13-14,18-19,32H,5-9,12,15-17H2,1-4H3;1-2H,(H,3,4,5). The van der Waals surface area contributed by atoms with Crippen LogP contribution in [0.25, 0.3) is 16.7 Å². The van der Waals surface area contributed by atoms with Crippen LogP contribution in [0.15, 0.2) is 48.8 Å². The first-order chi connectivity index (χ1) is 18.3. The van der Waals surface area contributed by atoms with Gasteiger partial charge >= 0.3 is 5.97 Å². The Kier molecular flexibility index (Phi) is 10.8. The molecule has 4 rings (SSSR count). The highest BCUT2D eigenvalue weighted by molar-refractivity contribution is 5.74. The molecule has 0 saturated carbocycles. The molecule has 0 unspecified atom stereocenters. The Morgan fingerprint density at radius 1 is 0.974 bits per heavy atom. The van der Waals surface area contributed by atoms with Gasteiger partial charge in [0.1, 0.15) is 22.5 Å². The molecule has 0 aliphatic heterocycles. The summed E-state index contributed by atoms with van der Waals surface area (Å²) in [5.41, 5.74) is 3.52. The lowest BCUT2D eigenvalue weighted by atomic mass is 9.84. The molecule has 9 heteroatoms. The first-order valence-electron chi connectivity index (χ1n) is 13.4. The second kappa shape index (κ2) is 14.3. The number of hydrogen-bond donors (Lipinski definition) is 2. The zero-order valence-corrected chi connectivity index (χ0v) is 23.0. The number of phenols is 1. The monoisotopic (exact) mass is 520 g/mol. The van der Waals surface area contributed by atoms with Crippen LogP contribution in [0.3, 0.4) is 0 Å². The molecule has 2 aromatic carbocycles. The molecule has 0 atom stereocenters. The van der Waals surface area contributed by atoms with Crippen molar-refractivity contribution in [3.63, 3.8) is 0 Å². The van der Waals surface area contributed by atoms with E-state index < -0.39 is 0 Å². The van der Waals surface area contributed by atoms with E-state index in [1.165, 1.54) is 30.5 Å². The summed E-state index contributed by atoms with van der Waals surface area (Å²) in [4.78, 5) is 13.8. The quantitative estimate of drug-likeness (QED) is 0.182. The molecule has 2 aromatic heterocycles. The molecule has 0 saturated heterocycles. The lowest BCUT2D eigenvalue weighted by Gasteiger charge is -2.23. The third kappa shape index (κ3) is 8.68. The highest BCUT2D eigenvalue weighted by Crippen LogP contribution is 2.36. The minimum absolute atomic E-state index is 0.164. The number of carbonyl (C=O) groups is 1. The topological polar surface area (TPSA) is 119 Å². The SMILES string of the molecule is CCCCCCCCOC(=O)CCc1cc(-n2nc3ccccc3n2)c(O)c(C(C)(C)C)c1.c1cn[nH]n1. The van der Waals surface area contributed by atoms with Gasteiger partial charge in [0.25, 0.3) is 0 Å². The van der Waals surface area contributed by atoms with Crippen molar-refractivity contribution in [2.24, 2.45) is 0 Å². The first-order valence-corrected chi connectivity index (χ1v) is 13.4. The maximum absolute atomic E-state index is 12.3. The maximum atomic E-state index is 12.3. The molecule has 0 radical (unpaired) electrons. The van der Waals surface area contributed by atoms with Crippen LogP contribution in [0, 0.1) is 0 Å². The smallest absolute Gasteiger partial charge is 0.306 e. The minimum atomic E-state index is -0.278. The fourth-order valence-corrected chi connectivity index (χ4v) is 4.07. The number of esters is 1. The average Bonchev–Trinajstić information content (AvgIpc) is 3.60. The fraction of sp³-hybridized carbons (Fsp3) is 0.483. The molecular formula is C29H40N6O3. The van der Waals surface area contributed by atoms with Gasteiger partial charge in [-0.1, -0.05) is 78.0 Å². The van der Waals surface area contributed by atoms with Gasteiger partial charge < -0.3 is 9.84 Å². The van der Waals surface area contributed by atoms with Crippen LogP contribution in [0.5, 0.6) is 5.75 Å². The van der Waals surface area contributed by atoms with Crippen LogP contribution in [-0.4, -0.2) is 48.1 Å². The Morgan fingerprint density at radius 3 is 2.18 bits per heavy atom. The van der Waals surface area contributed by atoms with Gasteiger partial charge in [-0.05, 0) is 42.0 Å². The highest BCUT2D eigenvalue weighted by atomic mass is 16.5. The Labute approximate surface area is 224 Å². The second-order valence-electron chi connectivity index (χ2n) is 10.4. The van der Waals surface area contributed by atoms with Crippen LogP contribution in [0.1, 0.15) is 83.8 Å². The summed E-state index contributed by atoms with van der Waals surface area (Å²) in [7, 11) is 0. The first kappa shape index (κ1) is 28.8. The number of hydrogen-bond acceptors (Lipinski definition) is 7. The van der Waals surface area contributed by atoms with Gasteiger partial charge in [-0.25, -0.2) is 0 Å². The van der Waals surface area contributed by atoms with Crippen LogP contribution in [0.2, 0.25) is 0 Å². The fourth-order valence-electron chi connectivity index (χ4n) is 4.07. The molecule has 0 aliphatic rings. The molecule has 0 aliphatic carbocycles. The van der Waals surface area contributed by atoms with Crippen molar-refractivity contribution in [2.75, 3.05) is 6.61 Å². The van der Waals surface area contributed by atoms with Crippen LogP contribution >= 0.6 is 0 Å². The van der Waals surface area contributed by atoms with E-state index in [4.69, 9.17) is 4.74 Å². The predicted octanol–water partition coefficient (Wildman–Crippen LogP) is 6.06. The summed E-state index contributed by atoms with van der Waals surface area (Å²) < 4.78 is 5.43. The number of aromatic hydroxyl groups is 1. The van der Waals surface area contributed by atoms with Gasteiger partial charge in [0, 0.05) is 12.0 Å². The van der Waals surface area contributed by atoms with E-state index >= 15 is 0 Å². The van der Waals surface area contributed by atoms with Crippen molar-refractivity contribution >= 4 is 17.0 Å². The van der Waals surface area contributed by atoms with Gasteiger partial charge in [0.05, 0.1) is 19.0 Å². The summed E-state index contributed by atoms with van der Waals surface area (Å²) in [5.74, 6) is -0.0179. The second-order valence-corrected chi connectivity index (χ2v) is 10.4. The number of benzene rings is 2. The highest BCUT2D eigenvalue weighted by Gasteiger charge is 2.23. The lowest BCUT2D eigenvalue weighted by Crippen LogP contribution is -2.14. The van der Waals surface area contributed by atoms with Crippen molar-refractivity contribution < 1.29 is 14.6 Å². The van der Waals surface area contributed by atoms with E-state index in [9.17, 15) is 9.90 Å². The van der Waals surface area contributed by atoms with Gasteiger partial charge in [-0.3, -0.25) is 4.79 Å². The Hall–Kier alpha value is -3.75. The molecule has 0 amide bonds. The van der Waals surface area contributed by atoms with E-state index in [0.29, 0.717) is 25.1 Å². The maximum Gasteiger partial charge on any atom is 0.306 e. The van der Waals surface area contributed by atoms with E-state index in [0.717, 1.165) is 35.0 Å². The zero-order valence-electron chi connectivity index (χ0n) is 23.0. The molecule has 4 aromatic rings. The van der Waals surface area contributed by atoms with Crippen LogP contribution in [-0.2, 0) is 21.4 Å². The number of aryl methyl sites for hydroxylation is 1. The van der Waals surface area contributed by atoms with Crippen molar-refractivity contribution in [2.45, 2.75) is 84.5 Å². The number of ether oxygens (including phenoxy) is 1. The Balaban J connectivity index is 0.000000715. The van der Waals surface area contributed by atoms with Crippen LogP contribution < -0.4 is 0 Å². The number of unbranched alkanes of at least 4 members (excludes halogenated alkanes) is 5. The number of rotatable bonds is 11.